The van der Waals surface area contributed by atoms with Crippen LogP contribution in [0.2, 0.25) is 0 Å². The Kier molecular flexibility index (Phi) is 7.46. The first-order valence-electron chi connectivity index (χ1n) is 10.0. The highest BCUT2D eigenvalue weighted by Crippen LogP contribution is 2.22. The molecule has 2 aromatic rings. The van der Waals surface area contributed by atoms with Gasteiger partial charge in [-0.25, -0.2) is 0 Å². The molecule has 2 aromatic carbocycles. The van der Waals surface area contributed by atoms with Gasteiger partial charge in [-0.05, 0) is 48.4 Å². The molecule has 1 heterocycles. The lowest BCUT2D eigenvalue weighted by molar-refractivity contribution is -0.194. The molecule has 1 fully saturated rings. The molecule has 3 rings (SSSR count). The van der Waals surface area contributed by atoms with Gasteiger partial charge >= 0.3 is 0 Å². The van der Waals surface area contributed by atoms with E-state index < -0.39 is 0 Å². The normalized spacial score (nSPS) is 17.5. The Bertz CT molecular complexity index is 751. The first-order chi connectivity index (χ1) is 13.7. The van der Waals surface area contributed by atoms with Crippen molar-refractivity contribution in [2.45, 2.75) is 44.7 Å². The van der Waals surface area contributed by atoms with E-state index in [0.29, 0.717) is 25.6 Å². The van der Waals surface area contributed by atoms with Gasteiger partial charge < -0.3 is 10.1 Å². The predicted molar refractivity (Wildman–Crippen MR) is 110 cm³/mol. The molecule has 0 saturated carbocycles. The van der Waals surface area contributed by atoms with Crippen molar-refractivity contribution in [1.82, 2.24) is 10.4 Å². The van der Waals surface area contributed by atoms with Gasteiger partial charge in [-0.1, -0.05) is 49.4 Å². The van der Waals surface area contributed by atoms with Gasteiger partial charge in [0.2, 0.25) is 5.91 Å². The standard InChI is InChI=1S/C23H30N2O3/c1-18(20-10-4-3-5-11-20)8-7-15-28-25(22-13-14-24-23(22)26)17-19-9-6-12-21(16-19)27-2/h3-6,9-12,16,18,22H,7-8,13-15,17H2,1-2H3,(H,24,26). The van der Waals surface area contributed by atoms with Crippen LogP contribution in [0.15, 0.2) is 54.6 Å². The van der Waals surface area contributed by atoms with Crippen LogP contribution in [0.5, 0.6) is 5.75 Å². The average Bonchev–Trinajstić information content (AvgIpc) is 3.16. The summed E-state index contributed by atoms with van der Waals surface area (Å²) >= 11 is 0. The van der Waals surface area contributed by atoms with Crippen LogP contribution in [0.4, 0.5) is 0 Å². The maximum atomic E-state index is 12.2. The molecule has 1 amide bonds. The number of hydroxylamine groups is 2. The molecule has 0 spiro atoms. The second kappa shape index (κ2) is 10.2. The molecule has 0 aliphatic carbocycles. The number of carbonyl (C=O) groups excluding carboxylic acids is 1. The number of amides is 1. The van der Waals surface area contributed by atoms with Crippen LogP contribution in [0, 0.1) is 0 Å². The monoisotopic (exact) mass is 382 g/mol. The second-order valence-electron chi connectivity index (χ2n) is 7.31. The highest BCUT2D eigenvalue weighted by molar-refractivity contribution is 5.83. The number of hydrogen-bond donors (Lipinski definition) is 1. The molecule has 1 aliphatic rings. The quantitative estimate of drug-likeness (QED) is 0.500. The first-order valence-corrected chi connectivity index (χ1v) is 10.0. The zero-order valence-corrected chi connectivity index (χ0v) is 16.8. The predicted octanol–water partition coefficient (Wildman–Crippen LogP) is 3.90. The van der Waals surface area contributed by atoms with Crippen molar-refractivity contribution in [2.24, 2.45) is 0 Å². The molecule has 2 unspecified atom stereocenters. The van der Waals surface area contributed by atoms with Gasteiger partial charge in [0.15, 0.2) is 0 Å². The van der Waals surface area contributed by atoms with Gasteiger partial charge in [-0.3, -0.25) is 9.63 Å². The summed E-state index contributed by atoms with van der Waals surface area (Å²) in [5, 5.41) is 4.74. The van der Waals surface area contributed by atoms with Crippen molar-refractivity contribution in [1.29, 1.82) is 0 Å². The van der Waals surface area contributed by atoms with Crippen LogP contribution < -0.4 is 10.1 Å². The van der Waals surface area contributed by atoms with Gasteiger partial charge in [0.05, 0.1) is 20.3 Å². The van der Waals surface area contributed by atoms with E-state index in [9.17, 15) is 4.79 Å². The maximum absolute atomic E-state index is 12.2. The van der Waals surface area contributed by atoms with E-state index in [1.165, 1.54) is 5.56 Å². The van der Waals surface area contributed by atoms with Crippen LogP contribution >= 0.6 is 0 Å². The third-order valence-corrected chi connectivity index (χ3v) is 5.25. The maximum Gasteiger partial charge on any atom is 0.239 e. The van der Waals surface area contributed by atoms with Gasteiger partial charge in [-0.15, -0.1) is 0 Å². The van der Waals surface area contributed by atoms with E-state index in [-0.39, 0.29) is 11.9 Å². The summed E-state index contributed by atoms with van der Waals surface area (Å²) in [6.07, 6.45) is 2.76. The minimum Gasteiger partial charge on any atom is -0.497 e. The minimum atomic E-state index is -0.238. The molecule has 150 valence electrons. The number of methoxy groups -OCH3 is 1. The summed E-state index contributed by atoms with van der Waals surface area (Å²) in [4.78, 5) is 18.3. The fourth-order valence-electron chi connectivity index (χ4n) is 3.57. The minimum absolute atomic E-state index is 0.0422. The molecule has 1 N–H and O–H groups in total. The molecule has 2 atom stereocenters. The summed E-state index contributed by atoms with van der Waals surface area (Å²) < 4.78 is 5.31. The zero-order chi connectivity index (χ0) is 19.8. The van der Waals surface area contributed by atoms with Crippen molar-refractivity contribution in [3.8, 4) is 5.75 Å². The largest absolute Gasteiger partial charge is 0.497 e. The molecule has 1 saturated heterocycles. The van der Waals surface area contributed by atoms with E-state index in [0.717, 1.165) is 30.6 Å². The average molecular weight is 383 g/mol. The van der Waals surface area contributed by atoms with Crippen LogP contribution in [-0.4, -0.2) is 37.3 Å². The number of benzene rings is 2. The smallest absolute Gasteiger partial charge is 0.239 e. The molecule has 0 radical (unpaired) electrons. The Balaban J connectivity index is 1.55. The Morgan fingerprint density at radius 3 is 2.71 bits per heavy atom. The Morgan fingerprint density at radius 1 is 1.18 bits per heavy atom. The Morgan fingerprint density at radius 2 is 2.00 bits per heavy atom. The topological polar surface area (TPSA) is 50.8 Å². The lowest BCUT2D eigenvalue weighted by Crippen LogP contribution is -2.40. The van der Waals surface area contributed by atoms with Gasteiger partial charge in [-0.2, -0.15) is 5.06 Å². The fraction of sp³-hybridized carbons (Fsp3) is 0.435. The number of hydrogen-bond acceptors (Lipinski definition) is 4. The molecule has 0 aromatic heterocycles. The number of nitrogens with zero attached hydrogens (tertiary/aromatic N) is 1. The third kappa shape index (κ3) is 5.57. The Labute approximate surface area is 167 Å². The zero-order valence-electron chi connectivity index (χ0n) is 16.8. The lowest BCUT2D eigenvalue weighted by Gasteiger charge is -2.26. The van der Waals surface area contributed by atoms with Crippen molar-refractivity contribution < 1.29 is 14.4 Å². The van der Waals surface area contributed by atoms with Crippen LogP contribution in [0.25, 0.3) is 0 Å². The van der Waals surface area contributed by atoms with Crippen molar-refractivity contribution in [3.63, 3.8) is 0 Å². The van der Waals surface area contributed by atoms with E-state index in [4.69, 9.17) is 9.57 Å². The molecule has 5 heteroatoms. The van der Waals surface area contributed by atoms with Crippen molar-refractivity contribution in [3.05, 3.63) is 65.7 Å². The van der Waals surface area contributed by atoms with Gasteiger partial charge in [0, 0.05) is 6.54 Å². The lowest BCUT2D eigenvalue weighted by atomic mass is 9.97. The van der Waals surface area contributed by atoms with E-state index in [1.807, 2.05) is 35.4 Å². The first kappa shape index (κ1) is 20.4. The van der Waals surface area contributed by atoms with E-state index in [2.05, 4.69) is 36.5 Å². The number of rotatable bonds is 10. The second-order valence-corrected chi connectivity index (χ2v) is 7.31. The van der Waals surface area contributed by atoms with Gasteiger partial charge in [0.25, 0.3) is 0 Å². The van der Waals surface area contributed by atoms with Crippen LogP contribution in [0.1, 0.15) is 43.2 Å². The number of carbonyl (C=O) groups is 1. The fourth-order valence-corrected chi connectivity index (χ4v) is 3.57. The summed E-state index contributed by atoms with van der Waals surface area (Å²) in [7, 11) is 1.66. The summed E-state index contributed by atoms with van der Waals surface area (Å²) in [6.45, 7) is 4.11. The van der Waals surface area contributed by atoms with E-state index in [1.54, 1.807) is 7.11 Å². The van der Waals surface area contributed by atoms with Crippen molar-refractivity contribution >= 4 is 5.91 Å². The molecular formula is C23H30N2O3. The third-order valence-electron chi connectivity index (χ3n) is 5.25. The van der Waals surface area contributed by atoms with Crippen molar-refractivity contribution in [2.75, 3.05) is 20.3 Å². The highest BCUT2D eigenvalue weighted by atomic mass is 16.7. The summed E-state index contributed by atoms with van der Waals surface area (Å²) in [5.41, 5.74) is 2.42. The summed E-state index contributed by atoms with van der Waals surface area (Å²) in [5.74, 6) is 1.34. The molecule has 1 aliphatic heterocycles. The molecule has 5 nitrogen and oxygen atoms in total. The summed E-state index contributed by atoms with van der Waals surface area (Å²) in [6, 6.07) is 18.2. The van der Waals surface area contributed by atoms with Gasteiger partial charge in [0.1, 0.15) is 11.8 Å². The number of ether oxygens (including phenoxy) is 1. The molecule has 28 heavy (non-hydrogen) atoms. The SMILES string of the molecule is COc1cccc(CN(OCCCC(C)c2ccccc2)C2CCNC2=O)c1. The highest BCUT2D eigenvalue weighted by Gasteiger charge is 2.31. The van der Waals surface area contributed by atoms with Crippen LogP contribution in [-0.2, 0) is 16.2 Å². The van der Waals surface area contributed by atoms with Crippen LogP contribution in [0.3, 0.4) is 0 Å². The molecular weight excluding hydrogens is 352 g/mol. The molecule has 0 bridgehead atoms. The number of nitrogens with one attached hydrogen (secondary N) is 1. The Hall–Kier alpha value is -2.37. The van der Waals surface area contributed by atoms with E-state index >= 15 is 0 Å².